The van der Waals surface area contributed by atoms with Gasteiger partial charge < -0.3 is 5.11 Å². The van der Waals surface area contributed by atoms with Gasteiger partial charge in [0.05, 0.1) is 23.6 Å². The van der Waals surface area contributed by atoms with Crippen LogP contribution < -0.4 is 0 Å². The molecule has 7 nitrogen and oxygen atoms in total. The van der Waals surface area contributed by atoms with Gasteiger partial charge in [0, 0.05) is 12.2 Å². The van der Waals surface area contributed by atoms with Gasteiger partial charge in [-0.15, -0.1) is 0 Å². The van der Waals surface area contributed by atoms with E-state index >= 15 is 0 Å². The van der Waals surface area contributed by atoms with Crippen molar-refractivity contribution in [2.75, 3.05) is 6.54 Å². The van der Waals surface area contributed by atoms with Gasteiger partial charge in [0.2, 0.25) is 0 Å². The van der Waals surface area contributed by atoms with E-state index in [4.69, 9.17) is 0 Å². The Kier molecular flexibility index (Phi) is 4.15. The van der Waals surface area contributed by atoms with Crippen molar-refractivity contribution in [3.8, 4) is 0 Å². The topological polar surface area (TPSA) is 95.0 Å². The van der Waals surface area contributed by atoms with E-state index in [2.05, 4.69) is 25.1 Å². The van der Waals surface area contributed by atoms with E-state index in [0.717, 1.165) is 37.2 Å². The number of carbonyl (C=O) groups is 1. The first-order valence-corrected chi connectivity index (χ1v) is 7.43. The number of aromatic amines is 1. The lowest BCUT2D eigenvalue weighted by Gasteiger charge is -2.35. The number of hydrogen-bond acceptors (Lipinski definition) is 5. The lowest BCUT2D eigenvalue weighted by molar-refractivity contribution is 0.0688. The Labute approximate surface area is 128 Å². The first kappa shape index (κ1) is 14.6. The first-order valence-electron chi connectivity index (χ1n) is 7.43. The molecule has 116 valence electrons. The van der Waals surface area contributed by atoms with Gasteiger partial charge in [-0.05, 0) is 32.4 Å². The molecule has 2 N–H and O–H groups in total. The largest absolute Gasteiger partial charge is 0.478 e. The van der Waals surface area contributed by atoms with Crippen molar-refractivity contribution >= 4 is 5.97 Å². The standard InChI is InChI=1S/C15H19N5O2/c1-10-6-11(17-9-16-10)8-20-5-3-2-4-13(20)14-12(15(21)22)7-18-19-14/h6-7,9,13H,2-5,8H2,1H3,(H,18,19)(H,21,22). The summed E-state index contributed by atoms with van der Waals surface area (Å²) in [5.74, 6) is -0.938. The summed E-state index contributed by atoms with van der Waals surface area (Å²) in [5.41, 5.74) is 2.84. The number of nitrogens with one attached hydrogen (secondary N) is 1. The molecular formula is C15H19N5O2. The maximum Gasteiger partial charge on any atom is 0.339 e. The number of hydrogen-bond donors (Lipinski definition) is 2. The molecule has 0 saturated carbocycles. The highest BCUT2D eigenvalue weighted by Gasteiger charge is 2.29. The highest BCUT2D eigenvalue weighted by atomic mass is 16.4. The normalized spacial score (nSPS) is 19.2. The Bertz CT molecular complexity index is 669. The molecule has 1 saturated heterocycles. The van der Waals surface area contributed by atoms with Crippen molar-refractivity contribution in [1.29, 1.82) is 0 Å². The lowest BCUT2D eigenvalue weighted by Crippen LogP contribution is -2.34. The first-order chi connectivity index (χ1) is 10.6. The smallest absolute Gasteiger partial charge is 0.339 e. The third kappa shape index (κ3) is 2.99. The molecule has 0 aliphatic carbocycles. The minimum Gasteiger partial charge on any atom is -0.478 e. The third-order valence-electron chi connectivity index (χ3n) is 4.07. The van der Waals surface area contributed by atoms with Crippen molar-refractivity contribution in [3.63, 3.8) is 0 Å². The van der Waals surface area contributed by atoms with E-state index in [1.54, 1.807) is 6.33 Å². The number of carboxylic acid groups (broad SMARTS) is 1. The minimum absolute atomic E-state index is 0.0395. The monoisotopic (exact) mass is 301 g/mol. The predicted molar refractivity (Wildman–Crippen MR) is 79.3 cm³/mol. The van der Waals surface area contributed by atoms with Crippen LogP contribution in [0, 0.1) is 6.92 Å². The van der Waals surface area contributed by atoms with Crippen LogP contribution in [0.5, 0.6) is 0 Å². The van der Waals surface area contributed by atoms with Crippen molar-refractivity contribution in [3.05, 3.63) is 41.2 Å². The highest BCUT2D eigenvalue weighted by Crippen LogP contribution is 2.32. The van der Waals surface area contributed by atoms with Crippen molar-refractivity contribution in [1.82, 2.24) is 25.1 Å². The molecule has 1 aliphatic rings. The summed E-state index contributed by atoms with van der Waals surface area (Å²) in [6, 6.07) is 2.01. The molecular weight excluding hydrogens is 282 g/mol. The van der Waals surface area contributed by atoms with Crippen molar-refractivity contribution < 1.29 is 9.90 Å². The molecule has 2 aromatic heterocycles. The molecule has 0 aromatic carbocycles. The molecule has 3 rings (SSSR count). The maximum atomic E-state index is 11.3. The summed E-state index contributed by atoms with van der Waals surface area (Å²) in [7, 11) is 0. The van der Waals surface area contributed by atoms with Crippen LogP contribution in [0.1, 0.15) is 52.7 Å². The number of aromatic nitrogens is 4. The number of aryl methyl sites for hydroxylation is 1. The van der Waals surface area contributed by atoms with Gasteiger partial charge in [0.1, 0.15) is 11.9 Å². The quantitative estimate of drug-likeness (QED) is 0.896. The van der Waals surface area contributed by atoms with E-state index in [1.165, 1.54) is 6.20 Å². The lowest BCUT2D eigenvalue weighted by atomic mass is 9.97. The molecule has 0 radical (unpaired) electrons. The summed E-state index contributed by atoms with van der Waals surface area (Å²) >= 11 is 0. The fourth-order valence-corrected chi connectivity index (χ4v) is 3.03. The summed E-state index contributed by atoms with van der Waals surface area (Å²) < 4.78 is 0. The summed E-state index contributed by atoms with van der Waals surface area (Å²) in [5, 5.41) is 16.1. The van der Waals surface area contributed by atoms with Gasteiger partial charge in [0.15, 0.2) is 0 Å². The third-order valence-corrected chi connectivity index (χ3v) is 4.07. The SMILES string of the molecule is Cc1cc(CN2CCCCC2c2[nH]ncc2C(=O)O)ncn1. The van der Waals surface area contributed by atoms with E-state index in [1.807, 2.05) is 13.0 Å². The Morgan fingerprint density at radius 1 is 1.45 bits per heavy atom. The molecule has 3 heterocycles. The number of piperidine rings is 1. The molecule has 0 bridgehead atoms. The van der Waals surface area contributed by atoms with Gasteiger partial charge in [-0.2, -0.15) is 5.10 Å². The maximum absolute atomic E-state index is 11.3. The predicted octanol–water partition coefficient (Wildman–Crippen LogP) is 1.93. The molecule has 1 unspecified atom stereocenters. The van der Waals surface area contributed by atoms with Crippen LogP contribution >= 0.6 is 0 Å². The Morgan fingerprint density at radius 3 is 3.09 bits per heavy atom. The zero-order valence-corrected chi connectivity index (χ0v) is 12.5. The fourth-order valence-electron chi connectivity index (χ4n) is 3.03. The average molecular weight is 301 g/mol. The van der Waals surface area contributed by atoms with E-state index < -0.39 is 5.97 Å². The number of rotatable bonds is 4. The number of aromatic carboxylic acids is 1. The molecule has 7 heteroatoms. The number of likely N-dealkylation sites (tertiary alicyclic amines) is 1. The van der Waals surface area contributed by atoms with Crippen LogP contribution in [-0.4, -0.2) is 42.7 Å². The summed E-state index contributed by atoms with van der Waals surface area (Å²) in [4.78, 5) is 22.0. The molecule has 1 aliphatic heterocycles. The second-order valence-electron chi connectivity index (χ2n) is 5.64. The fraction of sp³-hybridized carbons (Fsp3) is 0.467. The van der Waals surface area contributed by atoms with Gasteiger partial charge >= 0.3 is 5.97 Å². The molecule has 1 fully saturated rings. The number of H-pyrrole nitrogens is 1. The second kappa shape index (κ2) is 6.23. The zero-order valence-electron chi connectivity index (χ0n) is 12.5. The van der Waals surface area contributed by atoms with Crippen LogP contribution in [-0.2, 0) is 6.54 Å². The molecule has 0 spiro atoms. The zero-order chi connectivity index (χ0) is 15.5. The summed E-state index contributed by atoms with van der Waals surface area (Å²) in [6.07, 6.45) is 6.08. The average Bonchev–Trinajstić information content (AvgIpc) is 2.97. The minimum atomic E-state index is -0.938. The van der Waals surface area contributed by atoms with Crippen LogP contribution in [0.4, 0.5) is 0 Å². The van der Waals surface area contributed by atoms with E-state index in [9.17, 15) is 9.90 Å². The number of carboxylic acids is 1. The van der Waals surface area contributed by atoms with E-state index in [-0.39, 0.29) is 11.6 Å². The highest BCUT2D eigenvalue weighted by molar-refractivity contribution is 5.88. The molecule has 1 atom stereocenters. The second-order valence-corrected chi connectivity index (χ2v) is 5.64. The van der Waals surface area contributed by atoms with Crippen molar-refractivity contribution in [2.24, 2.45) is 0 Å². The summed E-state index contributed by atoms with van der Waals surface area (Å²) in [6.45, 7) is 3.55. The van der Waals surface area contributed by atoms with Crippen LogP contribution in [0.3, 0.4) is 0 Å². The van der Waals surface area contributed by atoms with Gasteiger partial charge in [-0.1, -0.05) is 6.42 Å². The Hall–Kier alpha value is -2.28. The van der Waals surface area contributed by atoms with Crippen LogP contribution in [0.15, 0.2) is 18.6 Å². The van der Waals surface area contributed by atoms with Gasteiger partial charge in [0.25, 0.3) is 0 Å². The van der Waals surface area contributed by atoms with Gasteiger partial charge in [-0.25, -0.2) is 14.8 Å². The van der Waals surface area contributed by atoms with Crippen LogP contribution in [0.25, 0.3) is 0 Å². The van der Waals surface area contributed by atoms with Crippen molar-refractivity contribution in [2.45, 2.75) is 38.8 Å². The molecule has 2 aromatic rings. The van der Waals surface area contributed by atoms with Crippen LogP contribution in [0.2, 0.25) is 0 Å². The molecule has 0 amide bonds. The number of nitrogens with zero attached hydrogens (tertiary/aromatic N) is 4. The van der Waals surface area contributed by atoms with E-state index in [0.29, 0.717) is 12.2 Å². The Balaban J connectivity index is 1.85. The Morgan fingerprint density at radius 2 is 2.32 bits per heavy atom. The molecule has 22 heavy (non-hydrogen) atoms. The van der Waals surface area contributed by atoms with Gasteiger partial charge in [-0.3, -0.25) is 10.00 Å².